The number of piperidine rings is 1. The highest BCUT2D eigenvalue weighted by Gasteiger charge is 2.30. The Hall–Kier alpha value is -1.39. The number of likely N-dealkylation sites (tertiary alicyclic amines) is 1. The Morgan fingerprint density at radius 2 is 1.81 bits per heavy atom. The van der Waals surface area contributed by atoms with Gasteiger partial charge in [0, 0.05) is 12.6 Å². The Morgan fingerprint density at radius 1 is 1.19 bits per heavy atom. The molecule has 1 aromatic carbocycles. The summed E-state index contributed by atoms with van der Waals surface area (Å²) in [5, 5.41) is 12.4. The molecule has 0 aliphatic carbocycles. The molecule has 2 atom stereocenters. The van der Waals surface area contributed by atoms with Gasteiger partial charge in [-0.3, -0.25) is 4.79 Å². The smallest absolute Gasteiger partial charge is 0.307 e. The molecule has 2 heterocycles. The summed E-state index contributed by atoms with van der Waals surface area (Å²) in [4.78, 5) is 13.4. The standard InChI is InChI=1S/C17H24N2O2/c1-19-8-6-13(7-9-19)12-2-4-14(5-3-12)16-10-15(11-18-16)17(20)21/h2-5,13,15-16,18H,6-11H2,1H3,(H,20,21). The van der Waals surface area contributed by atoms with Gasteiger partial charge in [0.2, 0.25) is 0 Å². The third-order valence-electron chi connectivity index (χ3n) is 5.01. The number of carbonyl (C=O) groups is 1. The summed E-state index contributed by atoms with van der Waals surface area (Å²) >= 11 is 0. The minimum atomic E-state index is -0.687. The number of hydrogen-bond acceptors (Lipinski definition) is 3. The number of carboxylic acid groups (broad SMARTS) is 1. The van der Waals surface area contributed by atoms with Crippen molar-refractivity contribution in [1.29, 1.82) is 0 Å². The lowest BCUT2D eigenvalue weighted by atomic mass is 9.88. The van der Waals surface area contributed by atoms with E-state index in [0.717, 1.165) is 0 Å². The van der Waals surface area contributed by atoms with E-state index < -0.39 is 5.97 Å². The van der Waals surface area contributed by atoms with Gasteiger partial charge in [-0.1, -0.05) is 24.3 Å². The summed E-state index contributed by atoms with van der Waals surface area (Å²) in [7, 11) is 2.18. The van der Waals surface area contributed by atoms with Gasteiger partial charge in [-0.2, -0.15) is 0 Å². The number of nitrogens with one attached hydrogen (secondary N) is 1. The lowest BCUT2D eigenvalue weighted by Crippen LogP contribution is -2.29. The first kappa shape index (κ1) is 14.5. The van der Waals surface area contributed by atoms with Crippen molar-refractivity contribution in [2.75, 3.05) is 26.7 Å². The first-order chi connectivity index (χ1) is 10.1. The molecule has 2 N–H and O–H groups in total. The van der Waals surface area contributed by atoms with E-state index in [1.54, 1.807) is 0 Å². The number of aliphatic carboxylic acids is 1. The second-order valence-electron chi connectivity index (χ2n) is 6.48. The normalized spacial score (nSPS) is 27.9. The quantitative estimate of drug-likeness (QED) is 0.895. The molecule has 2 fully saturated rings. The molecule has 0 aromatic heterocycles. The predicted octanol–water partition coefficient (Wildman–Crippen LogP) is 2.23. The third kappa shape index (κ3) is 3.27. The zero-order chi connectivity index (χ0) is 14.8. The van der Waals surface area contributed by atoms with Crippen molar-refractivity contribution in [3.05, 3.63) is 35.4 Å². The van der Waals surface area contributed by atoms with Crippen LogP contribution in [-0.4, -0.2) is 42.7 Å². The SMILES string of the molecule is CN1CCC(c2ccc(C3CC(C(=O)O)CN3)cc2)CC1. The summed E-state index contributed by atoms with van der Waals surface area (Å²) in [6, 6.07) is 9.02. The largest absolute Gasteiger partial charge is 0.481 e. The van der Waals surface area contributed by atoms with Crippen LogP contribution in [0.15, 0.2) is 24.3 Å². The van der Waals surface area contributed by atoms with Crippen molar-refractivity contribution in [2.24, 2.45) is 5.92 Å². The lowest BCUT2D eigenvalue weighted by molar-refractivity contribution is -0.141. The first-order valence-corrected chi connectivity index (χ1v) is 7.88. The van der Waals surface area contributed by atoms with Crippen molar-refractivity contribution in [2.45, 2.75) is 31.2 Å². The van der Waals surface area contributed by atoms with E-state index in [2.05, 4.69) is 41.5 Å². The summed E-state index contributed by atoms with van der Waals surface area (Å²) in [5.41, 5.74) is 2.65. The number of nitrogens with zero attached hydrogens (tertiary/aromatic N) is 1. The van der Waals surface area contributed by atoms with Crippen molar-refractivity contribution in [1.82, 2.24) is 10.2 Å². The third-order valence-corrected chi connectivity index (χ3v) is 5.01. The molecular formula is C17H24N2O2. The number of carboxylic acids is 1. The highest BCUT2D eigenvalue weighted by atomic mass is 16.4. The molecule has 0 spiro atoms. The van der Waals surface area contributed by atoms with Crippen LogP contribution in [0.1, 0.15) is 42.3 Å². The Labute approximate surface area is 126 Å². The molecule has 2 aliphatic heterocycles. The van der Waals surface area contributed by atoms with Crippen LogP contribution in [0.5, 0.6) is 0 Å². The fourth-order valence-corrected chi connectivity index (χ4v) is 3.52. The number of rotatable bonds is 3. The topological polar surface area (TPSA) is 52.6 Å². The fourth-order valence-electron chi connectivity index (χ4n) is 3.52. The summed E-state index contributed by atoms with van der Waals surface area (Å²) < 4.78 is 0. The molecule has 1 aromatic rings. The molecule has 0 amide bonds. The van der Waals surface area contributed by atoms with Gasteiger partial charge in [0.25, 0.3) is 0 Å². The molecule has 2 unspecified atom stereocenters. The van der Waals surface area contributed by atoms with Crippen LogP contribution >= 0.6 is 0 Å². The van der Waals surface area contributed by atoms with E-state index in [4.69, 9.17) is 5.11 Å². The average molecular weight is 288 g/mol. The van der Waals surface area contributed by atoms with Gasteiger partial charge in [0.15, 0.2) is 0 Å². The van der Waals surface area contributed by atoms with Crippen LogP contribution in [0.2, 0.25) is 0 Å². The Bertz CT molecular complexity index is 492. The van der Waals surface area contributed by atoms with Gasteiger partial charge in [-0.05, 0) is 56.4 Å². The summed E-state index contributed by atoms with van der Waals surface area (Å²) in [5.74, 6) is -0.255. The van der Waals surface area contributed by atoms with E-state index in [1.807, 2.05) is 0 Å². The van der Waals surface area contributed by atoms with E-state index in [1.165, 1.54) is 37.1 Å². The van der Waals surface area contributed by atoms with Crippen molar-refractivity contribution in [3.63, 3.8) is 0 Å². The predicted molar refractivity (Wildman–Crippen MR) is 82.4 cm³/mol. The van der Waals surface area contributed by atoms with Crippen LogP contribution in [-0.2, 0) is 4.79 Å². The molecule has 4 nitrogen and oxygen atoms in total. The van der Waals surface area contributed by atoms with E-state index in [0.29, 0.717) is 18.9 Å². The van der Waals surface area contributed by atoms with Crippen LogP contribution in [0.25, 0.3) is 0 Å². The molecule has 4 heteroatoms. The maximum atomic E-state index is 11.0. The molecular weight excluding hydrogens is 264 g/mol. The maximum Gasteiger partial charge on any atom is 0.307 e. The monoisotopic (exact) mass is 288 g/mol. The van der Waals surface area contributed by atoms with Gasteiger partial charge in [-0.15, -0.1) is 0 Å². The van der Waals surface area contributed by atoms with Crippen LogP contribution in [0.3, 0.4) is 0 Å². The Kier molecular flexibility index (Phi) is 4.27. The van der Waals surface area contributed by atoms with Crippen LogP contribution in [0.4, 0.5) is 0 Å². The second kappa shape index (κ2) is 6.16. The second-order valence-corrected chi connectivity index (χ2v) is 6.48. The highest BCUT2D eigenvalue weighted by Crippen LogP contribution is 2.31. The Balaban J connectivity index is 1.63. The van der Waals surface area contributed by atoms with Gasteiger partial charge in [-0.25, -0.2) is 0 Å². The van der Waals surface area contributed by atoms with Crippen molar-refractivity contribution >= 4 is 5.97 Å². The van der Waals surface area contributed by atoms with E-state index >= 15 is 0 Å². The molecule has 2 saturated heterocycles. The lowest BCUT2D eigenvalue weighted by Gasteiger charge is -2.29. The fraction of sp³-hybridized carbons (Fsp3) is 0.588. The maximum absolute atomic E-state index is 11.0. The van der Waals surface area contributed by atoms with Gasteiger partial charge < -0.3 is 15.3 Å². The zero-order valence-electron chi connectivity index (χ0n) is 12.6. The van der Waals surface area contributed by atoms with Gasteiger partial charge in [0.1, 0.15) is 0 Å². The number of benzene rings is 1. The summed E-state index contributed by atoms with van der Waals surface area (Å²) in [6.45, 7) is 2.94. The molecule has 2 aliphatic rings. The molecule has 0 bridgehead atoms. The van der Waals surface area contributed by atoms with Crippen molar-refractivity contribution < 1.29 is 9.90 Å². The molecule has 114 valence electrons. The average Bonchev–Trinajstić information content (AvgIpc) is 2.98. The highest BCUT2D eigenvalue weighted by molar-refractivity contribution is 5.70. The number of hydrogen-bond donors (Lipinski definition) is 2. The Morgan fingerprint density at radius 3 is 2.38 bits per heavy atom. The molecule has 3 rings (SSSR count). The molecule has 21 heavy (non-hydrogen) atoms. The minimum Gasteiger partial charge on any atom is -0.481 e. The minimum absolute atomic E-state index is 0.192. The van der Waals surface area contributed by atoms with E-state index in [9.17, 15) is 4.79 Å². The van der Waals surface area contributed by atoms with Crippen LogP contribution < -0.4 is 5.32 Å². The summed E-state index contributed by atoms with van der Waals surface area (Å²) in [6.07, 6.45) is 3.17. The molecule has 0 radical (unpaired) electrons. The van der Waals surface area contributed by atoms with Crippen LogP contribution in [0, 0.1) is 5.92 Å². The molecule has 0 saturated carbocycles. The van der Waals surface area contributed by atoms with E-state index in [-0.39, 0.29) is 12.0 Å². The zero-order valence-corrected chi connectivity index (χ0v) is 12.6. The van der Waals surface area contributed by atoms with Gasteiger partial charge in [0.05, 0.1) is 5.92 Å². The van der Waals surface area contributed by atoms with Gasteiger partial charge >= 0.3 is 5.97 Å². The first-order valence-electron chi connectivity index (χ1n) is 7.88. The van der Waals surface area contributed by atoms with Crippen molar-refractivity contribution in [3.8, 4) is 0 Å².